The predicted octanol–water partition coefficient (Wildman–Crippen LogP) is 5.55. The van der Waals surface area contributed by atoms with E-state index < -0.39 is 17.6 Å². The van der Waals surface area contributed by atoms with Crippen LogP contribution in [0.3, 0.4) is 0 Å². The number of carbonyl (C=O) groups is 2. The van der Waals surface area contributed by atoms with E-state index in [2.05, 4.69) is 16.0 Å². The number of nitrogens with one attached hydrogen (secondary N) is 3. The van der Waals surface area contributed by atoms with Crippen LogP contribution < -0.4 is 20.7 Å². The van der Waals surface area contributed by atoms with Gasteiger partial charge in [-0.1, -0.05) is 24.3 Å². The molecular weight excluding hydrogens is 434 g/mol. The third-order valence-electron chi connectivity index (χ3n) is 5.43. The molecular formula is C26H31N3O5. The van der Waals surface area contributed by atoms with Gasteiger partial charge in [-0.25, -0.2) is 4.79 Å². The highest BCUT2D eigenvalue weighted by Crippen LogP contribution is 2.30. The lowest BCUT2D eigenvalue weighted by molar-refractivity contribution is 0.0635. The summed E-state index contributed by atoms with van der Waals surface area (Å²) in [7, 11) is 0. The molecule has 34 heavy (non-hydrogen) atoms. The minimum Gasteiger partial charge on any atom is -0.490 e. The smallest absolute Gasteiger partial charge is 0.412 e. The summed E-state index contributed by atoms with van der Waals surface area (Å²) < 4.78 is 17.2. The number of para-hydroxylation sites is 3. The van der Waals surface area contributed by atoms with Gasteiger partial charge in [0.2, 0.25) is 0 Å². The molecule has 0 spiro atoms. The normalized spacial score (nSPS) is 15.8. The molecule has 3 N–H and O–H groups in total. The van der Waals surface area contributed by atoms with Crippen molar-refractivity contribution in [3.05, 3.63) is 54.3 Å². The van der Waals surface area contributed by atoms with Gasteiger partial charge in [0.25, 0.3) is 5.91 Å². The van der Waals surface area contributed by atoms with Gasteiger partial charge in [0, 0.05) is 11.4 Å². The van der Waals surface area contributed by atoms with Crippen molar-refractivity contribution < 1.29 is 23.5 Å². The lowest BCUT2D eigenvalue weighted by atomic mass is 10.2. The average Bonchev–Trinajstić information content (AvgIpc) is 3.44. The van der Waals surface area contributed by atoms with E-state index in [1.807, 2.05) is 18.2 Å². The van der Waals surface area contributed by atoms with Gasteiger partial charge in [0.05, 0.1) is 18.0 Å². The van der Waals surface area contributed by atoms with E-state index in [1.54, 1.807) is 51.1 Å². The van der Waals surface area contributed by atoms with Gasteiger partial charge >= 0.3 is 6.09 Å². The van der Waals surface area contributed by atoms with Crippen LogP contribution in [0, 0.1) is 0 Å². The molecule has 1 saturated heterocycles. The zero-order chi connectivity index (χ0) is 24.1. The highest BCUT2D eigenvalue weighted by molar-refractivity contribution is 6.07. The van der Waals surface area contributed by atoms with Crippen LogP contribution >= 0.6 is 0 Å². The number of hydrogen-bond donors (Lipinski definition) is 3. The van der Waals surface area contributed by atoms with Crippen LogP contribution in [0.2, 0.25) is 0 Å². The first kappa shape index (κ1) is 23.6. The maximum absolute atomic E-state index is 13.0. The highest BCUT2D eigenvalue weighted by atomic mass is 16.6. The third-order valence-corrected chi connectivity index (χ3v) is 5.43. The highest BCUT2D eigenvalue weighted by Gasteiger charge is 2.20. The van der Waals surface area contributed by atoms with Crippen LogP contribution in [-0.4, -0.2) is 36.8 Å². The fourth-order valence-corrected chi connectivity index (χ4v) is 3.87. The van der Waals surface area contributed by atoms with E-state index in [1.165, 1.54) is 12.8 Å². The van der Waals surface area contributed by atoms with Crippen molar-refractivity contribution in [2.45, 2.75) is 51.7 Å². The van der Waals surface area contributed by atoms with Crippen molar-refractivity contribution in [1.82, 2.24) is 5.32 Å². The van der Waals surface area contributed by atoms with Crippen LogP contribution in [0.5, 0.6) is 5.75 Å². The number of fused-ring (bicyclic) bond motifs is 1. The number of furan rings is 1. The van der Waals surface area contributed by atoms with Gasteiger partial charge in [0.1, 0.15) is 5.60 Å². The molecule has 0 saturated carbocycles. The summed E-state index contributed by atoms with van der Waals surface area (Å²) in [5, 5.41) is 9.72. The van der Waals surface area contributed by atoms with Crippen molar-refractivity contribution >= 4 is 34.3 Å². The molecule has 8 nitrogen and oxygen atoms in total. The van der Waals surface area contributed by atoms with Crippen molar-refractivity contribution in [2.75, 3.05) is 23.8 Å². The van der Waals surface area contributed by atoms with Crippen molar-refractivity contribution in [3.63, 3.8) is 0 Å². The molecule has 3 aromatic rings. The standard InChI is InChI=1S/C26H31N3O5/c1-26(2,3)34-25(31)29-20-11-5-4-10-19(20)28-24(30)22-16-17-8-6-12-21(23(17)33-22)32-15-13-18-9-7-14-27-18/h4-6,8,10-12,16,18,27H,7,9,13-15H2,1-3H3,(H,28,30)(H,29,31). The molecule has 0 radical (unpaired) electrons. The molecule has 1 fully saturated rings. The number of rotatable bonds is 7. The minimum absolute atomic E-state index is 0.149. The molecule has 2 amide bonds. The van der Waals surface area contributed by atoms with Crippen molar-refractivity contribution in [1.29, 1.82) is 0 Å². The second-order valence-corrected chi connectivity index (χ2v) is 9.34. The summed E-state index contributed by atoms with van der Waals surface area (Å²) in [5.74, 6) is 0.327. The zero-order valence-corrected chi connectivity index (χ0v) is 19.8. The second-order valence-electron chi connectivity index (χ2n) is 9.34. The van der Waals surface area contributed by atoms with Crippen LogP contribution in [0.25, 0.3) is 11.0 Å². The maximum atomic E-state index is 13.0. The van der Waals surface area contributed by atoms with Crippen molar-refractivity contribution in [3.8, 4) is 5.75 Å². The minimum atomic E-state index is -0.635. The molecule has 2 heterocycles. The third kappa shape index (κ3) is 6.08. The summed E-state index contributed by atoms with van der Waals surface area (Å²) in [6, 6.07) is 14.7. The Morgan fingerprint density at radius 2 is 1.85 bits per heavy atom. The van der Waals surface area contributed by atoms with E-state index in [0.29, 0.717) is 35.4 Å². The fourth-order valence-electron chi connectivity index (χ4n) is 3.87. The number of benzene rings is 2. The molecule has 2 aromatic carbocycles. The molecule has 1 aromatic heterocycles. The summed E-state index contributed by atoms with van der Waals surface area (Å²) in [6.07, 6.45) is 2.69. The van der Waals surface area contributed by atoms with Gasteiger partial charge in [0.15, 0.2) is 17.1 Å². The Morgan fingerprint density at radius 1 is 1.09 bits per heavy atom. The van der Waals surface area contributed by atoms with E-state index in [0.717, 1.165) is 18.4 Å². The van der Waals surface area contributed by atoms with Crippen LogP contribution in [-0.2, 0) is 4.74 Å². The Morgan fingerprint density at radius 3 is 2.56 bits per heavy atom. The van der Waals surface area contributed by atoms with Gasteiger partial charge in [-0.15, -0.1) is 0 Å². The molecule has 1 aliphatic rings. The largest absolute Gasteiger partial charge is 0.490 e. The van der Waals surface area contributed by atoms with Crippen LogP contribution in [0.1, 0.15) is 50.6 Å². The van der Waals surface area contributed by atoms with Gasteiger partial charge in [-0.2, -0.15) is 0 Å². The Hall–Kier alpha value is -3.52. The number of ether oxygens (including phenoxy) is 2. The molecule has 180 valence electrons. The molecule has 8 heteroatoms. The molecule has 0 bridgehead atoms. The van der Waals surface area contributed by atoms with Crippen LogP contribution in [0.15, 0.2) is 52.9 Å². The summed E-state index contributed by atoms with van der Waals surface area (Å²) in [6.45, 7) is 6.98. The SMILES string of the molecule is CC(C)(C)OC(=O)Nc1ccccc1NC(=O)c1cc2cccc(OCCC3CCCN3)c2o1. The van der Waals surface area contributed by atoms with Crippen LogP contribution in [0.4, 0.5) is 16.2 Å². The van der Waals surface area contributed by atoms with Gasteiger partial charge in [-0.05, 0) is 70.8 Å². The lowest BCUT2D eigenvalue weighted by Crippen LogP contribution is -2.27. The van der Waals surface area contributed by atoms with Gasteiger partial charge < -0.3 is 24.5 Å². The van der Waals surface area contributed by atoms with E-state index >= 15 is 0 Å². The Labute approximate surface area is 199 Å². The maximum Gasteiger partial charge on any atom is 0.412 e. The number of hydrogen-bond acceptors (Lipinski definition) is 6. The quantitative estimate of drug-likeness (QED) is 0.423. The molecule has 1 unspecified atom stereocenters. The average molecular weight is 466 g/mol. The Kier molecular flexibility index (Phi) is 7.07. The molecule has 0 aliphatic carbocycles. The zero-order valence-electron chi connectivity index (χ0n) is 19.8. The van der Waals surface area contributed by atoms with E-state index in [4.69, 9.17) is 13.9 Å². The Balaban J connectivity index is 1.45. The summed E-state index contributed by atoms with van der Waals surface area (Å²) in [5.41, 5.74) is 0.751. The first-order valence-electron chi connectivity index (χ1n) is 11.6. The monoisotopic (exact) mass is 465 g/mol. The summed E-state index contributed by atoms with van der Waals surface area (Å²) in [4.78, 5) is 25.1. The topological polar surface area (TPSA) is 102 Å². The second kappa shape index (κ2) is 10.2. The molecule has 1 atom stereocenters. The first-order valence-corrected chi connectivity index (χ1v) is 11.6. The van der Waals surface area contributed by atoms with Gasteiger partial charge in [-0.3, -0.25) is 10.1 Å². The molecule has 1 aliphatic heterocycles. The van der Waals surface area contributed by atoms with Crippen molar-refractivity contribution in [2.24, 2.45) is 0 Å². The van der Waals surface area contributed by atoms with E-state index in [9.17, 15) is 9.59 Å². The number of anilines is 2. The number of amides is 2. The molecule has 4 rings (SSSR count). The Bertz CT molecular complexity index is 1160. The van der Waals surface area contributed by atoms with E-state index in [-0.39, 0.29) is 5.76 Å². The lowest BCUT2D eigenvalue weighted by Gasteiger charge is -2.20. The predicted molar refractivity (Wildman–Crippen MR) is 132 cm³/mol. The fraction of sp³-hybridized carbons (Fsp3) is 0.385. The number of carbonyl (C=O) groups excluding carboxylic acids is 2. The first-order chi connectivity index (χ1) is 16.3. The summed E-state index contributed by atoms with van der Waals surface area (Å²) >= 11 is 0.